The maximum absolute atomic E-state index is 11.5. The van der Waals surface area contributed by atoms with Crippen LogP contribution in [0.1, 0.15) is 11.1 Å². The van der Waals surface area contributed by atoms with Gasteiger partial charge >= 0.3 is 0 Å². The van der Waals surface area contributed by atoms with Crippen molar-refractivity contribution in [2.75, 3.05) is 7.05 Å². The van der Waals surface area contributed by atoms with Crippen LogP contribution in [0.3, 0.4) is 0 Å². The second-order valence-electron chi connectivity index (χ2n) is 5.31. The Balaban J connectivity index is 1.96. The largest absolute Gasteiger partial charge is 0.356 e. The van der Waals surface area contributed by atoms with E-state index in [2.05, 4.69) is 27.5 Å². The lowest BCUT2D eigenvalue weighted by atomic mass is 10.1. The fourth-order valence-corrected chi connectivity index (χ4v) is 2.39. The fraction of sp³-hybridized carbons (Fsp3) is 0.105. The smallest absolute Gasteiger partial charge is 0.243 e. The van der Waals surface area contributed by atoms with E-state index in [1.165, 1.54) is 11.6 Å². The highest BCUT2D eigenvalue weighted by atomic mass is 16.1. The number of nitrogens with zero attached hydrogens (tertiary/aromatic N) is 3. The summed E-state index contributed by atoms with van der Waals surface area (Å²) in [4.78, 5) is 15.6. The molecule has 120 valence electrons. The molecule has 0 fully saturated rings. The van der Waals surface area contributed by atoms with Crippen molar-refractivity contribution in [2.24, 2.45) is 0 Å². The van der Waals surface area contributed by atoms with E-state index in [9.17, 15) is 4.79 Å². The minimum atomic E-state index is -0.150. The minimum Gasteiger partial charge on any atom is -0.356 e. The normalized spacial score (nSPS) is 10.9. The highest BCUT2D eigenvalue weighted by Crippen LogP contribution is 2.22. The number of aromatic nitrogens is 3. The Morgan fingerprint density at radius 2 is 2.04 bits per heavy atom. The van der Waals surface area contributed by atoms with Crippen LogP contribution in [0.2, 0.25) is 0 Å². The molecule has 0 radical (unpaired) electrons. The summed E-state index contributed by atoms with van der Waals surface area (Å²) in [6.45, 7) is 0.669. The predicted octanol–water partition coefficient (Wildman–Crippen LogP) is 2.75. The van der Waals surface area contributed by atoms with E-state index in [1.807, 2.05) is 41.2 Å². The Labute approximate surface area is 140 Å². The molecule has 0 aliphatic rings. The number of carbonyl (C=O) groups excluding carboxylic acids is 1. The molecular weight excluding hydrogens is 300 g/mol. The van der Waals surface area contributed by atoms with Crippen LogP contribution in [0.5, 0.6) is 0 Å². The molecule has 0 aliphatic heterocycles. The first kappa shape index (κ1) is 15.7. The zero-order valence-electron chi connectivity index (χ0n) is 13.4. The molecule has 0 unspecified atom stereocenters. The van der Waals surface area contributed by atoms with Gasteiger partial charge in [0.25, 0.3) is 0 Å². The van der Waals surface area contributed by atoms with Gasteiger partial charge in [0.1, 0.15) is 5.69 Å². The molecule has 24 heavy (non-hydrogen) atoms. The van der Waals surface area contributed by atoms with E-state index >= 15 is 0 Å². The van der Waals surface area contributed by atoms with Crippen LogP contribution in [-0.4, -0.2) is 27.7 Å². The van der Waals surface area contributed by atoms with Gasteiger partial charge in [0, 0.05) is 42.8 Å². The average Bonchev–Trinajstić information content (AvgIpc) is 3.04. The van der Waals surface area contributed by atoms with Crippen LogP contribution >= 0.6 is 0 Å². The van der Waals surface area contributed by atoms with Gasteiger partial charge < -0.3 is 5.32 Å². The molecule has 3 aromatic rings. The number of rotatable bonds is 5. The third kappa shape index (κ3) is 3.76. The van der Waals surface area contributed by atoms with Gasteiger partial charge in [0.2, 0.25) is 5.91 Å². The van der Waals surface area contributed by atoms with Gasteiger partial charge in [-0.15, -0.1) is 0 Å². The number of nitrogens with one attached hydrogen (secondary N) is 1. The molecule has 1 aromatic carbocycles. The first-order valence-corrected chi connectivity index (χ1v) is 7.68. The number of hydrogen-bond acceptors (Lipinski definition) is 3. The van der Waals surface area contributed by atoms with E-state index in [0.29, 0.717) is 6.54 Å². The molecule has 2 heterocycles. The number of amides is 1. The van der Waals surface area contributed by atoms with E-state index in [0.717, 1.165) is 16.8 Å². The van der Waals surface area contributed by atoms with E-state index < -0.39 is 0 Å². The average molecular weight is 318 g/mol. The van der Waals surface area contributed by atoms with Crippen LogP contribution in [0.25, 0.3) is 17.3 Å². The zero-order valence-corrected chi connectivity index (χ0v) is 13.4. The number of carbonyl (C=O) groups is 1. The number of benzene rings is 1. The molecule has 0 aliphatic carbocycles. The molecule has 2 aromatic heterocycles. The third-order valence-electron chi connectivity index (χ3n) is 3.57. The lowest BCUT2D eigenvalue weighted by Gasteiger charge is -2.01. The zero-order chi connectivity index (χ0) is 16.8. The van der Waals surface area contributed by atoms with Crippen molar-refractivity contribution >= 4 is 12.0 Å². The van der Waals surface area contributed by atoms with Crippen molar-refractivity contribution in [1.82, 2.24) is 20.1 Å². The van der Waals surface area contributed by atoms with Gasteiger partial charge in [-0.05, 0) is 23.8 Å². The SMILES string of the molecule is CNC(=O)/C=C/c1cn(Cc2ccccc2)nc1-c1cccnc1. The Kier molecular flexibility index (Phi) is 4.81. The standard InChI is InChI=1S/C19H18N4O/c1-20-18(24)10-9-17-14-23(13-15-6-3-2-4-7-15)22-19(17)16-8-5-11-21-12-16/h2-12,14H,13H2,1H3,(H,20,24)/b10-9+. The molecule has 1 N–H and O–H groups in total. The summed E-state index contributed by atoms with van der Waals surface area (Å²) in [7, 11) is 1.60. The van der Waals surface area contributed by atoms with E-state index in [-0.39, 0.29) is 5.91 Å². The Morgan fingerprint density at radius 1 is 1.21 bits per heavy atom. The van der Waals surface area contributed by atoms with Crippen molar-refractivity contribution in [1.29, 1.82) is 0 Å². The van der Waals surface area contributed by atoms with Gasteiger partial charge in [-0.3, -0.25) is 14.5 Å². The summed E-state index contributed by atoms with van der Waals surface area (Å²) in [5, 5.41) is 7.25. The summed E-state index contributed by atoms with van der Waals surface area (Å²) < 4.78 is 1.88. The summed E-state index contributed by atoms with van der Waals surface area (Å²) >= 11 is 0. The number of pyridine rings is 1. The second kappa shape index (κ2) is 7.37. The van der Waals surface area contributed by atoms with Gasteiger partial charge in [-0.1, -0.05) is 30.3 Å². The quantitative estimate of drug-likeness (QED) is 0.736. The first-order chi connectivity index (χ1) is 11.8. The van der Waals surface area contributed by atoms with Crippen molar-refractivity contribution in [2.45, 2.75) is 6.54 Å². The van der Waals surface area contributed by atoms with Crippen LogP contribution < -0.4 is 5.32 Å². The Hall–Kier alpha value is -3.21. The maximum atomic E-state index is 11.5. The van der Waals surface area contributed by atoms with Crippen LogP contribution in [0, 0.1) is 0 Å². The predicted molar refractivity (Wildman–Crippen MR) is 94.1 cm³/mol. The monoisotopic (exact) mass is 318 g/mol. The first-order valence-electron chi connectivity index (χ1n) is 7.68. The van der Waals surface area contributed by atoms with Gasteiger partial charge in [0.15, 0.2) is 0 Å². The van der Waals surface area contributed by atoms with Gasteiger partial charge in [-0.2, -0.15) is 5.10 Å². The Bertz CT molecular complexity index is 838. The minimum absolute atomic E-state index is 0.150. The van der Waals surface area contributed by atoms with Crippen molar-refractivity contribution in [3.63, 3.8) is 0 Å². The van der Waals surface area contributed by atoms with Crippen molar-refractivity contribution < 1.29 is 4.79 Å². The summed E-state index contributed by atoms with van der Waals surface area (Å²) in [6.07, 6.45) is 8.71. The summed E-state index contributed by atoms with van der Waals surface area (Å²) in [5.74, 6) is -0.150. The van der Waals surface area contributed by atoms with Crippen molar-refractivity contribution in [3.05, 3.63) is 78.3 Å². The lowest BCUT2D eigenvalue weighted by molar-refractivity contribution is -0.115. The molecule has 0 atom stereocenters. The lowest BCUT2D eigenvalue weighted by Crippen LogP contribution is -2.13. The second-order valence-corrected chi connectivity index (χ2v) is 5.31. The molecule has 5 heteroatoms. The Morgan fingerprint density at radius 3 is 2.75 bits per heavy atom. The molecule has 1 amide bonds. The van der Waals surface area contributed by atoms with Gasteiger partial charge in [-0.25, -0.2) is 0 Å². The highest BCUT2D eigenvalue weighted by molar-refractivity contribution is 5.92. The van der Waals surface area contributed by atoms with Crippen LogP contribution in [0.15, 0.2) is 67.1 Å². The van der Waals surface area contributed by atoms with Gasteiger partial charge in [0.05, 0.1) is 6.54 Å². The molecular formula is C19H18N4O. The fourth-order valence-electron chi connectivity index (χ4n) is 2.39. The van der Waals surface area contributed by atoms with Crippen LogP contribution in [-0.2, 0) is 11.3 Å². The van der Waals surface area contributed by atoms with Crippen LogP contribution in [0.4, 0.5) is 0 Å². The molecule has 0 saturated heterocycles. The van der Waals surface area contributed by atoms with E-state index in [4.69, 9.17) is 0 Å². The topological polar surface area (TPSA) is 59.8 Å². The van der Waals surface area contributed by atoms with Crippen molar-refractivity contribution in [3.8, 4) is 11.3 Å². The number of hydrogen-bond donors (Lipinski definition) is 1. The highest BCUT2D eigenvalue weighted by Gasteiger charge is 2.10. The molecule has 3 rings (SSSR count). The van der Waals surface area contributed by atoms with E-state index in [1.54, 1.807) is 25.5 Å². The molecule has 0 spiro atoms. The molecule has 0 bridgehead atoms. The molecule has 5 nitrogen and oxygen atoms in total. The third-order valence-corrected chi connectivity index (χ3v) is 3.57. The summed E-state index contributed by atoms with van der Waals surface area (Å²) in [5.41, 5.74) is 3.77. The maximum Gasteiger partial charge on any atom is 0.243 e. The summed E-state index contributed by atoms with van der Waals surface area (Å²) in [6, 6.07) is 14.0. The molecule has 0 saturated carbocycles. The number of likely N-dealkylation sites (N-methyl/N-ethyl adjacent to an activating group) is 1.